The first kappa shape index (κ1) is 51.1. The van der Waals surface area contributed by atoms with Crippen molar-refractivity contribution in [3.63, 3.8) is 0 Å². The fraction of sp³-hybridized carbons (Fsp3) is 0.596. The molecule has 0 N–H and O–H groups in total. The minimum Gasteiger partial charge on any atom is -0.499 e. The Balaban J connectivity index is 1.31. The number of hydrogen-bond acceptors (Lipinski definition) is 25. The Kier molecular flexibility index (Phi) is 15.1. The molecule has 0 aromatic carbocycles. The lowest BCUT2D eigenvalue weighted by Crippen LogP contribution is -2.77. The molecule has 0 aromatic heterocycles. The van der Waals surface area contributed by atoms with Crippen LogP contribution in [-0.4, -0.2) is 219 Å². The molecule has 0 radical (unpaired) electrons. The Morgan fingerprint density at radius 2 is 0.639 bits per heavy atom. The van der Waals surface area contributed by atoms with Crippen LogP contribution in [0.15, 0.2) is 94.9 Å². The summed E-state index contributed by atoms with van der Waals surface area (Å²) in [4.78, 5) is 73.0. The summed E-state index contributed by atoms with van der Waals surface area (Å²) in [5.74, 6) is 7.02. The maximum atomic E-state index is 19.5. The SMILES string of the molecule is COC1=C(C2N=CCS2)C(C2N=CCS2)=C(C2N=CCS2)C(OC)(C2N=CCS2)C1(C(=O)C1(C2N=CCS2)C(OC)=C(C2N=CCS2)C(C2N=CCS2)=C(C2N=CCS2)C1(OC)C1N=CCS1)C1N=CCS1. The Morgan fingerprint density at radius 3 is 0.889 bits per heavy atom. The third-order valence-corrected chi connectivity index (χ3v) is 25.3. The van der Waals surface area contributed by atoms with Crippen molar-refractivity contribution < 1.29 is 23.7 Å². The monoisotopic (exact) mass is 1160 g/mol. The molecule has 10 heterocycles. The van der Waals surface area contributed by atoms with Gasteiger partial charge in [0.05, 0.1) is 14.2 Å². The highest BCUT2D eigenvalue weighted by atomic mass is 32.2. The van der Waals surface area contributed by atoms with Gasteiger partial charge in [-0.3, -0.25) is 54.7 Å². The summed E-state index contributed by atoms with van der Waals surface area (Å²) in [6, 6.07) is 0. The zero-order chi connectivity index (χ0) is 49.1. The van der Waals surface area contributed by atoms with Gasteiger partial charge in [0.2, 0.25) is 0 Å². The van der Waals surface area contributed by atoms with Crippen LogP contribution in [-0.2, 0) is 23.7 Å². The van der Waals surface area contributed by atoms with E-state index in [0.29, 0.717) is 69.0 Å². The molecular formula is C47H52N10O5S10. The van der Waals surface area contributed by atoms with Gasteiger partial charge in [-0.15, -0.1) is 118 Å². The van der Waals surface area contributed by atoms with E-state index in [4.69, 9.17) is 68.9 Å². The van der Waals surface area contributed by atoms with E-state index >= 15 is 4.79 Å². The lowest BCUT2D eigenvalue weighted by atomic mass is 9.48. The molecule has 0 spiro atoms. The van der Waals surface area contributed by atoms with Crippen LogP contribution in [0.25, 0.3) is 0 Å². The molecule has 25 heteroatoms. The van der Waals surface area contributed by atoms with Crippen molar-refractivity contribution in [2.24, 2.45) is 60.8 Å². The molecule has 0 bridgehead atoms. The highest BCUT2D eigenvalue weighted by Gasteiger charge is 2.83. The number of carbonyl (C=O) groups excluding carboxylic acids is 1. The van der Waals surface area contributed by atoms with Crippen LogP contribution in [0.4, 0.5) is 0 Å². The number of ether oxygens (including phenoxy) is 4. The molecule has 0 saturated carbocycles. The molecule has 0 amide bonds. The first-order chi connectivity index (χ1) is 35.5. The molecule has 12 rings (SSSR count). The highest BCUT2D eigenvalue weighted by molar-refractivity contribution is 8.03. The van der Waals surface area contributed by atoms with Crippen molar-refractivity contribution in [2.45, 2.75) is 64.9 Å². The largest absolute Gasteiger partial charge is 0.499 e. The summed E-state index contributed by atoms with van der Waals surface area (Å²) in [6.45, 7) is 0. The van der Waals surface area contributed by atoms with E-state index in [1.807, 2.05) is 62.1 Å². The van der Waals surface area contributed by atoms with Crippen LogP contribution < -0.4 is 0 Å². The van der Waals surface area contributed by atoms with E-state index < -0.39 is 65.0 Å². The van der Waals surface area contributed by atoms with Gasteiger partial charge < -0.3 is 18.9 Å². The van der Waals surface area contributed by atoms with Crippen LogP contribution in [0.5, 0.6) is 0 Å². The van der Waals surface area contributed by atoms with Gasteiger partial charge in [0.15, 0.2) is 16.6 Å². The summed E-state index contributed by atoms with van der Waals surface area (Å²) in [7, 11) is 6.89. The fourth-order valence-corrected chi connectivity index (χ4v) is 22.8. The zero-order valence-electron chi connectivity index (χ0n) is 39.7. The summed E-state index contributed by atoms with van der Waals surface area (Å²) in [6.07, 6.45) is 19.7. The number of thioether (sulfide) groups is 10. The average molecular weight is 1160 g/mol. The van der Waals surface area contributed by atoms with E-state index in [1.165, 1.54) is 0 Å². The van der Waals surface area contributed by atoms with Crippen molar-refractivity contribution in [1.82, 2.24) is 0 Å². The number of Topliss-reactive ketones (excluding diaryl/α,β-unsaturated/α-hetero) is 1. The Morgan fingerprint density at radius 1 is 0.375 bits per heavy atom. The van der Waals surface area contributed by atoms with Crippen molar-refractivity contribution >= 4 is 186 Å². The lowest BCUT2D eigenvalue weighted by molar-refractivity contribution is -0.177. The second-order valence-corrected chi connectivity index (χ2v) is 28.7. The standard InChI is InChI=1S/C47H52N10O5S10/c1-59-31-27(35-50-7-17-65-35)25(33-48-5-15-63-33)29(37-52-9-19-67-37)46(61-3,42-56-13-23-71-42)44(31,40-54-11-21-69-40)39(58)45(41-55-12-22-70-41)32(60-2)28(36-51-8-18-66-36)26(34-49-6-16-64-34)30(38-53-10-20-68-38)47(45,62-4)43-57-14-24-72-43/h5-14,33-38,40-43H,15-24H2,1-4H3. The van der Waals surface area contributed by atoms with Crippen LogP contribution in [0.2, 0.25) is 0 Å². The number of aliphatic imine (C=N–C) groups is 10. The molecule has 380 valence electrons. The number of hydrogen-bond donors (Lipinski definition) is 0. The number of methoxy groups -OCH3 is 4. The molecule has 12 aliphatic rings. The third kappa shape index (κ3) is 7.42. The van der Waals surface area contributed by atoms with E-state index in [2.05, 4.69) is 0 Å². The smallest absolute Gasteiger partial charge is 0.173 e. The van der Waals surface area contributed by atoms with E-state index in [1.54, 1.807) is 146 Å². The number of ketones is 1. The van der Waals surface area contributed by atoms with Crippen molar-refractivity contribution in [3.8, 4) is 0 Å². The van der Waals surface area contributed by atoms with Crippen molar-refractivity contribution in [2.75, 3.05) is 86.0 Å². The Bertz CT molecular complexity index is 2510. The minimum atomic E-state index is -1.88. The first-order valence-electron chi connectivity index (χ1n) is 23.5. The Labute approximate surface area is 461 Å². The predicted octanol–water partition coefficient (Wildman–Crippen LogP) is 7.16. The number of carbonyl (C=O) groups is 1. The molecular weight excluding hydrogens is 1110 g/mol. The summed E-state index contributed by atoms with van der Waals surface area (Å²) >= 11 is 16.9. The first-order valence-corrected chi connectivity index (χ1v) is 34.0. The maximum Gasteiger partial charge on any atom is 0.173 e. The Hall–Kier alpha value is -1.65. The molecule has 15 nitrogen and oxygen atoms in total. The van der Waals surface area contributed by atoms with E-state index in [-0.39, 0.29) is 16.5 Å². The molecule has 0 saturated heterocycles. The molecule has 0 aromatic rings. The summed E-state index contributed by atoms with van der Waals surface area (Å²) in [5.41, 5.74) is -1.89. The third-order valence-electron chi connectivity index (χ3n) is 14.7. The topological polar surface area (TPSA) is 178 Å². The molecule has 0 fully saturated rings. The second-order valence-electron chi connectivity index (χ2n) is 17.5. The van der Waals surface area contributed by atoms with Crippen LogP contribution in [0, 0.1) is 10.8 Å². The molecule has 14 atom stereocenters. The van der Waals surface area contributed by atoms with Gasteiger partial charge >= 0.3 is 0 Å². The minimum absolute atomic E-state index is 0.267. The summed E-state index contributed by atoms with van der Waals surface area (Å²) < 4.78 is 29.8. The lowest BCUT2D eigenvalue weighted by Gasteiger charge is -2.63. The van der Waals surface area contributed by atoms with Gasteiger partial charge in [-0.05, 0) is 0 Å². The highest BCUT2D eigenvalue weighted by Crippen LogP contribution is 2.73. The van der Waals surface area contributed by atoms with Crippen LogP contribution in [0.1, 0.15) is 0 Å². The molecule has 14 unspecified atom stereocenters. The van der Waals surface area contributed by atoms with Crippen LogP contribution in [0.3, 0.4) is 0 Å². The predicted molar refractivity (Wildman–Crippen MR) is 319 cm³/mol. The maximum absolute atomic E-state index is 19.5. The van der Waals surface area contributed by atoms with Gasteiger partial charge in [-0.25, -0.2) is 0 Å². The number of nitrogens with zero attached hydrogens (tertiary/aromatic N) is 10. The molecule has 2 aliphatic carbocycles. The molecule has 72 heavy (non-hydrogen) atoms. The van der Waals surface area contributed by atoms with Gasteiger partial charge in [0.25, 0.3) is 0 Å². The summed E-state index contributed by atoms with van der Waals surface area (Å²) in [5, 5.41) is -5.67. The normalized spacial score (nSPS) is 41.8. The van der Waals surface area contributed by atoms with E-state index in [0.717, 1.165) is 33.4 Å². The van der Waals surface area contributed by atoms with Gasteiger partial charge in [0, 0.05) is 167 Å². The van der Waals surface area contributed by atoms with Crippen molar-refractivity contribution in [1.29, 1.82) is 0 Å². The van der Waals surface area contributed by atoms with Crippen LogP contribution >= 0.6 is 118 Å². The van der Waals surface area contributed by atoms with Crippen molar-refractivity contribution in [3.05, 3.63) is 45.0 Å². The van der Waals surface area contributed by atoms with Gasteiger partial charge in [-0.1, -0.05) is 0 Å². The quantitative estimate of drug-likeness (QED) is 0.152. The fourth-order valence-electron chi connectivity index (χ4n) is 12.4. The average Bonchev–Trinajstić information content (AvgIpc) is 4.26. The van der Waals surface area contributed by atoms with Gasteiger partial charge in [-0.2, -0.15) is 0 Å². The zero-order valence-corrected chi connectivity index (χ0v) is 47.9. The second kappa shape index (κ2) is 21.3. The van der Waals surface area contributed by atoms with Gasteiger partial charge in [0.1, 0.15) is 76.5 Å². The molecule has 10 aliphatic heterocycles. The van der Waals surface area contributed by atoms with E-state index in [9.17, 15) is 0 Å². The number of rotatable bonds is 16.